The largest absolute Gasteiger partial charge is 0.486 e. The fraction of sp³-hybridized carbons (Fsp3) is 0.486. The van der Waals surface area contributed by atoms with Crippen molar-refractivity contribution in [3.8, 4) is 11.5 Å². The Kier molecular flexibility index (Phi) is 7.30. The molecule has 0 bridgehead atoms. The standard InChI is InChI=1S/C35H42N4O2/c1-25-23-32(37-29-14-8-7-13-27(25)29)35(38-19-9-3-4-10-20-38,39-21-11-5-6-12-22-39)33-24-40-31-18-17-30-28(34(31)41-33)16-15-26(2)36-30/h7-8,13-18,23,33H,3-6,9-12,19-22,24H2,1-2H3. The first-order valence-electron chi connectivity index (χ1n) is 15.7. The monoisotopic (exact) mass is 550 g/mol. The zero-order valence-electron chi connectivity index (χ0n) is 24.6. The van der Waals surface area contributed by atoms with Crippen molar-refractivity contribution >= 4 is 21.8 Å². The lowest BCUT2D eigenvalue weighted by atomic mass is 9.90. The van der Waals surface area contributed by atoms with E-state index in [9.17, 15) is 0 Å². The number of para-hydroxylation sites is 1. The van der Waals surface area contributed by atoms with Gasteiger partial charge in [0.1, 0.15) is 6.61 Å². The summed E-state index contributed by atoms with van der Waals surface area (Å²) < 4.78 is 13.9. The minimum absolute atomic E-state index is 0.244. The molecule has 4 aromatic rings. The van der Waals surface area contributed by atoms with Gasteiger partial charge in [-0.05, 0) is 81.5 Å². The highest BCUT2D eigenvalue weighted by Crippen LogP contribution is 2.46. The van der Waals surface area contributed by atoms with Crippen LogP contribution in [-0.2, 0) is 5.66 Å². The second kappa shape index (κ2) is 11.2. The summed E-state index contributed by atoms with van der Waals surface area (Å²) in [7, 11) is 0. The summed E-state index contributed by atoms with van der Waals surface area (Å²) in [6.45, 7) is 8.90. The van der Waals surface area contributed by atoms with Crippen LogP contribution in [0.4, 0.5) is 0 Å². The molecule has 0 aliphatic carbocycles. The Bertz CT molecular complexity index is 1520. The Morgan fingerprint density at radius 3 is 2.07 bits per heavy atom. The number of pyridine rings is 2. The van der Waals surface area contributed by atoms with Crippen LogP contribution in [0, 0.1) is 13.8 Å². The molecule has 41 heavy (non-hydrogen) atoms. The lowest BCUT2D eigenvalue weighted by Gasteiger charge is -2.54. The van der Waals surface area contributed by atoms with Gasteiger partial charge in [-0.1, -0.05) is 43.9 Å². The van der Waals surface area contributed by atoms with Gasteiger partial charge in [-0.2, -0.15) is 0 Å². The van der Waals surface area contributed by atoms with Crippen molar-refractivity contribution in [1.29, 1.82) is 0 Å². The van der Waals surface area contributed by atoms with Crippen LogP contribution in [0.15, 0.2) is 54.6 Å². The molecule has 3 aliphatic heterocycles. The van der Waals surface area contributed by atoms with E-state index in [0.717, 1.165) is 65.5 Å². The van der Waals surface area contributed by atoms with Crippen LogP contribution in [-0.4, -0.2) is 58.7 Å². The third-order valence-corrected chi connectivity index (χ3v) is 9.50. The molecular weight excluding hydrogens is 508 g/mol. The summed E-state index contributed by atoms with van der Waals surface area (Å²) in [5.74, 6) is 1.63. The molecule has 2 saturated heterocycles. The summed E-state index contributed by atoms with van der Waals surface area (Å²) in [5.41, 5.74) is 4.83. The third kappa shape index (κ3) is 4.75. The summed E-state index contributed by atoms with van der Waals surface area (Å²) in [5, 5.41) is 2.23. The lowest BCUT2D eigenvalue weighted by Crippen LogP contribution is -2.68. The average Bonchev–Trinajstić information content (AvgIpc) is 3.44. The molecular formula is C35H42N4O2. The summed E-state index contributed by atoms with van der Waals surface area (Å²) in [4.78, 5) is 15.8. The van der Waals surface area contributed by atoms with Crippen molar-refractivity contribution in [3.05, 3.63) is 71.5 Å². The number of benzene rings is 2. The highest BCUT2D eigenvalue weighted by atomic mass is 16.6. The normalized spacial score (nSPS) is 21.1. The lowest BCUT2D eigenvalue weighted by molar-refractivity contribution is -0.152. The van der Waals surface area contributed by atoms with Crippen LogP contribution in [0.3, 0.4) is 0 Å². The van der Waals surface area contributed by atoms with E-state index in [1.54, 1.807) is 0 Å². The molecule has 0 spiro atoms. The van der Waals surface area contributed by atoms with Gasteiger partial charge in [0.2, 0.25) is 0 Å². The number of ether oxygens (including phenoxy) is 2. The smallest absolute Gasteiger partial charge is 0.171 e. The minimum Gasteiger partial charge on any atom is -0.486 e. The van der Waals surface area contributed by atoms with Crippen LogP contribution >= 0.6 is 0 Å². The molecule has 2 aromatic heterocycles. The molecule has 5 heterocycles. The van der Waals surface area contributed by atoms with E-state index in [2.05, 4.69) is 65.3 Å². The Balaban J connectivity index is 1.45. The van der Waals surface area contributed by atoms with Gasteiger partial charge < -0.3 is 9.47 Å². The van der Waals surface area contributed by atoms with Gasteiger partial charge in [0, 0.05) is 42.6 Å². The van der Waals surface area contributed by atoms with Crippen LogP contribution in [0.1, 0.15) is 68.3 Å². The Hall–Kier alpha value is -3.22. The van der Waals surface area contributed by atoms with Gasteiger partial charge in [0.15, 0.2) is 23.3 Å². The molecule has 0 saturated carbocycles. The summed E-state index contributed by atoms with van der Waals surface area (Å²) >= 11 is 0. The average molecular weight is 551 g/mol. The molecule has 1 atom stereocenters. The van der Waals surface area contributed by atoms with E-state index >= 15 is 0 Å². The van der Waals surface area contributed by atoms with Crippen LogP contribution in [0.25, 0.3) is 21.8 Å². The number of aromatic nitrogens is 2. The van der Waals surface area contributed by atoms with Crippen molar-refractivity contribution in [2.45, 2.75) is 77.0 Å². The van der Waals surface area contributed by atoms with E-state index in [0.29, 0.717) is 6.61 Å². The van der Waals surface area contributed by atoms with E-state index in [4.69, 9.17) is 19.4 Å². The number of hydrogen-bond donors (Lipinski definition) is 0. The van der Waals surface area contributed by atoms with E-state index in [1.165, 1.54) is 62.3 Å². The van der Waals surface area contributed by atoms with Gasteiger partial charge in [-0.25, -0.2) is 4.98 Å². The predicted molar refractivity (Wildman–Crippen MR) is 165 cm³/mol. The number of fused-ring (bicyclic) bond motifs is 4. The highest BCUT2D eigenvalue weighted by molar-refractivity contribution is 5.88. The zero-order chi connectivity index (χ0) is 27.8. The Morgan fingerprint density at radius 1 is 0.707 bits per heavy atom. The molecule has 1 unspecified atom stereocenters. The quantitative estimate of drug-likeness (QED) is 0.269. The second-order valence-corrected chi connectivity index (χ2v) is 12.2. The maximum atomic E-state index is 7.26. The van der Waals surface area contributed by atoms with Gasteiger partial charge in [0.05, 0.1) is 16.7 Å². The maximum absolute atomic E-state index is 7.26. The molecule has 0 amide bonds. The molecule has 3 aliphatic rings. The third-order valence-electron chi connectivity index (χ3n) is 9.50. The van der Waals surface area contributed by atoms with E-state index < -0.39 is 5.66 Å². The van der Waals surface area contributed by atoms with Gasteiger partial charge in [0.25, 0.3) is 0 Å². The molecule has 2 aromatic carbocycles. The summed E-state index contributed by atoms with van der Waals surface area (Å²) in [6.07, 6.45) is 9.63. The fourth-order valence-electron chi connectivity index (χ4n) is 7.49. The van der Waals surface area contributed by atoms with Crippen molar-refractivity contribution in [2.24, 2.45) is 0 Å². The molecule has 214 valence electrons. The SMILES string of the molecule is Cc1ccc2c3c(ccc2n1)OCC(C(c1cc(C)c2ccccc2n1)(N1CCCCCC1)N1CCCCCC1)O3. The van der Waals surface area contributed by atoms with Crippen LogP contribution in [0.5, 0.6) is 11.5 Å². The number of rotatable bonds is 4. The molecule has 2 fully saturated rings. The maximum Gasteiger partial charge on any atom is 0.171 e. The molecule has 6 nitrogen and oxygen atoms in total. The fourth-order valence-corrected chi connectivity index (χ4v) is 7.49. The predicted octanol–water partition coefficient (Wildman–Crippen LogP) is 7.14. The van der Waals surface area contributed by atoms with Crippen molar-refractivity contribution < 1.29 is 9.47 Å². The second-order valence-electron chi connectivity index (χ2n) is 12.2. The molecule has 0 N–H and O–H groups in total. The first kappa shape index (κ1) is 26.7. The van der Waals surface area contributed by atoms with Gasteiger partial charge in [-0.15, -0.1) is 0 Å². The molecule has 6 heteroatoms. The number of aryl methyl sites for hydroxylation is 2. The molecule has 0 radical (unpaired) electrons. The minimum atomic E-state index is -0.540. The first-order valence-corrected chi connectivity index (χ1v) is 15.7. The Morgan fingerprint density at radius 2 is 1.37 bits per heavy atom. The van der Waals surface area contributed by atoms with Crippen molar-refractivity contribution in [1.82, 2.24) is 19.8 Å². The first-order chi connectivity index (χ1) is 20.1. The van der Waals surface area contributed by atoms with Crippen LogP contribution in [0.2, 0.25) is 0 Å². The van der Waals surface area contributed by atoms with Crippen LogP contribution < -0.4 is 9.47 Å². The molecule has 7 rings (SSSR count). The van der Waals surface area contributed by atoms with Gasteiger partial charge >= 0.3 is 0 Å². The van der Waals surface area contributed by atoms with E-state index in [1.807, 2.05) is 13.0 Å². The zero-order valence-corrected chi connectivity index (χ0v) is 24.6. The Labute approximate surface area is 243 Å². The highest BCUT2D eigenvalue weighted by Gasteiger charge is 2.54. The number of nitrogens with zero attached hydrogens (tertiary/aromatic N) is 4. The topological polar surface area (TPSA) is 50.7 Å². The van der Waals surface area contributed by atoms with E-state index in [-0.39, 0.29) is 6.10 Å². The van der Waals surface area contributed by atoms with Crippen molar-refractivity contribution in [2.75, 3.05) is 32.8 Å². The van der Waals surface area contributed by atoms with Gasteiger partial charge in [-0.3, -0.25) is 14.8 Å². The summed E-state index contributed by atoms with van der Waals surface area (Å²) in [6, 6.07) is 19.2. The number of likely N-dealkylation sites (tertiary alicyclic amines) is 2. The number of hydrogen-bond acceptors (Lipinski definition) is 6. The van der Waals surface area contributed by atoms with Crippen molar-refractivity contribution in [3.63, 3.8) is 0 Å².